The normalized spacial score (nSPS) is 10.7. The van der Waals surface area contributed by atoms with Gasteiger partial charge in [0.15, 0.2) is 0 Å². The fraction of sp³-hybridized carbons (Fsp3) is 0. The SMILES string of the molecule is [c]1cc(-c2ccccc2)cc(-c2ccc3ccccc3c2)n1. The fourth-order valence-corrected chi connectivity index (χ4v) is 2.69. The molecule has 0 aliphatic rings. The van der Waals surface area contributed by atoms with Gasteiger partial charge in [0.25, 0.3) is 0 Å². The minimum atomic E-state index is 0.951. The summed E-state index contributed by atoms with van der Waals surface area (Å²) in [6.07, 6.45) is 3.02. The molecule has 4 aromatic rings. The molecule has 1 heteroatoms. The summed E-state index contributed by atoms with van der Waals surface area (Å²) in [5.74, 6) is 0. The Hall–Kier alpha value is -2.93. The summed E-state index contributed by atoms with van der Waals surface area (Å²) in [5, 5.41) is 2.47. The van der Waals surface area contributed by atoms with Crippen LogP contribution in [0.5, 0.6) is 0 Å². The standard InChI is InChI=1S/C21H14N/c1-2-6-16(7-3-1)19-12-13-22-21(15-19)20-11-10-17-8-4-5-9-18(17)14-20/h1-12,14-15H. The third-order valence-corrected chi connectivity index (χ3v) is 3.85. The van der Waals surface area contributed by atoms with Gasteiger partial charge in [0.1, 0.15) is 0 Å². The first kappa shape index (κ1) is 12.8. The Morgan fingerprint density at radius 1 is 0.591 bits per heavy atom. The quantitative estimate of drug-likeness (QED) is 0.481. The van der Waals surface area contributed by atoms with Crippen molar-refractivity contribution in [2.45, 2.75) is 0 Å². The van der Waals surface area contributed by atoms with E-state index in [0.29, 0.717) is 0 Å². The van der Waals surface area contributed by atoms with Crippen LogP contribution in [0, 0.1) is 6.20 Å². The summed E-state index contributed by atoms with van der Waals surface area (Å²) >= 11 is 0. The first-order valence-corrected chi connectivity index (χ1v) is 7.33. The Morgan fingerprint density at radius 2 is 1.36 bits per heavy atom. The van der Waals surface area contributed by atoms with Gasteiger partial charge in [-0.25, -0.2) is 4.98 Å². The van der Waals surface area contributed by atoms with E-state index in [4.69, 9.17) is 0 Å². The van der Waals surface area contributed by atoms with E-state index >= 15 is 0 Å². The largest absolute Gasteiger partial charge is 0.246 e. The van der Waals surface area contributed by atoms with Crippen LogP contribution in [-0.2, 0) is 0 Å². The highest BCUT2D eigenvalue weighted by Crippen LogP contribution is 2.26. The molecule has 0 saturated carbocycles. The van der Waals surface area contributed by atoms with E-state index in [1.807, 2.05) is 24.3 Å². The predicted octanol–water partition coefficient (Wildman–Crippen LogP) is 5.37. The Morgan fingerprint density at radius 3 is 2.23 bits per heavy atom. The van der Waals surface area contributed by atoms with E-state index in [1.165, 1.54) is 16.3 Å². The van der Waals surface area contributed by atoms with Crippen molar-refractivity contribution in [1.29, 1.82) is 0 Å². The lowest BCUT2D eigenvalue weighted by Gasteiger charge is -2.06. The van der Waals surface area contributed by atoms with Crippen molar-refractivity contribution in [3.8, 4) is 22.4 Å². The van der Waals surface area contributed by atoms with E-state index in [-0.39, 0.29) is 0 Å². The Kier molecular flexibility index (Phi) is 3.17. The van der Waals surface area contributed by atoms with Crippen LogP contribution in [0.1, 0.15) is 0 Å². The van der Waals surface area contributed by atoms with Gasteiger partial charge in [0.2, 0.25) is 0 Å². The third-order valence-electron chi connectivity index (χ3n) is 3.85. The first-order valence-electron chi connectivity index (χ1n) is 7.33. The van der Waals surface area contributed by atoms with Crippen LogP contribution in [0.4, 0.5) is 0 Å². The van der Waals surface area contributed by atoms with Crippen LogP contribution in [0.3, 0.4) is 0 Å². The molecule has 0 bridgehead atoms. The topological polar surface area (TPSA) is 12.9 Å². The molecule has 0 N–H and O–H groups in total. The first-order chi connectivity index (χ1) is 10.9. The van der Waals surface area contributed by atoms with Crippen LogP contribution in [0.2, 0.25) is 0 Å². The monoisotopic (exact) mass is 280 g/mol. The van der Waals surface area contributed by atoms with Crippen molar-refractivity contribution < 1.29 is 0 Å². The minimum absolute atomic E-state index is 0.951. The van der Waals surface area contributed by atoms with Gasteiger partial charge in [-0.15, -0.1) is 0 Å². The van der Waals surface area contributed by atoms with Crippen molar-refractivity contribution in [1.82, 2.24) is 4.98 Å². The van der Waals surface area contributed by atoms with Crippen molar-refractivity contribution in [2.75, 3.05) is 0 Å². The molecule has 103 valence electrons. The summed E-state index contributed by atoms with van der Waals surface area (Å²) in [4.78, 5) is 4.42. The van der Waals surface area contributed by atoms with Crippen LogP contribution in [-0.4, -0.2) is 4.98 Å². The summed E-state index contributed by atoms with van der Waals surface area (Å²) in [5.41, 5.74) is 4.39. The molecule has 1 radical (unpaired) electrons. The minimum Gasteiger partial charge on any atom is -0.246 e. The highest BCUT2D eigenvalue weighted by Gasteiger charge is 2.04. The summed E-state index contributed by atoms with van der Waals surface area (Å²) < 4.78 is 0. The zero-order chi connectivity index (χ0) is 14.8. The maximum absolute atomic E-state index is 4.42. The van der Waals surface area contributed by atoms with Gasteiger partial charge in [-0.3, -0.25) is 0 Å². The van der Waals surface area contributed by atoms with Gasteiger partial charge in [-0.2, -0.15) is 0 Å². The Labute approximate surface area is 129 Å². The highest BCUT2D eigenvalue weighted by molar-refractivity contribution is 5.87. The lowest BCUT2D eigenvalue weighted by Crippen LogP contribution is -1.86. The Balaban J connectivity index is 1.81. The van der Waals surface area contributed by atoms with E-state index in [0.717, 1.165) is 16.8 Å². The number of hydrogen-bond donors (Lipinski definition) is 0. The predicted molar refractivity (Wildman–Crippen MR) is 91.5 cm³/mol. The average molecular weight is 280 g/mol. The van der Waals surface area contributed by atoms with Gasteiger partial charge in [-0.1, -0.05) is 66.7 Å². The average Bonchev–Trinajstić information content (AvgIpc) is 2.62. The number of rotatable bonds is 2. The summed E-state index contributed by atoms with van der Waals surface area (Å²) in [7, 11) is 0. The van der Waals surface area contributed by atoms with Crippen molar-refractivity contribution in [3.63, 3.8) is 0 Å². The molecule has 1 heterocycles. The fourth-order valence-electron chi connectivity index (χ4n) is 2.69. The second kappa shape index (κ2) is 5.45. The summed E-state index contributed by atoms with van der Waals surface area (Å²) in [6.45, 7) is 0. The summed E-state index contributed by atoms with van der Waals surface area (Å²) in [6, 6.07) is 29.2. The molecule has 0 fully saturated rings. The second-order valence-corrected chi connectivity index (χ2v) is 5.30. The van der Waals surface area contributed by atoms with Gasteiger partial charge >= 0.3 is 0 Å². The molecule has 0 aliphatic carbocycles. The lowest BCUT2D eigenvalue weighted by atomic mass is 10.0. The van der Waals surface area contributed by atoms with Crippen LogP contribution >= 0.6 is 0 Å². The second-order valence-electron chi connectivity index (χ2n) is 5.30. The number of hydrogen-bond acceptors (Lipinski definition) is 1. The zero-order valence-corrected chi connectivity index (χ0v) is 12.0. The molecule has 4 rings (SSSR count). The molecule has 3 aromatic carbocycles. The van der Waals surface area contributed by atoms with Gasteiger partial charge in [0, 0.05) is 5.56 Å². The number of fused-ring (bicyclic) bond motifs is 1. The van der Waals surface area contributed by atoms with Crippen molar-refractivity contribution in [3.05, 3.63) is 91.1 Å². The number of pyridine rings is 1. The highest BCUT2D eigenvalue weighted by atomic mass is 14.7. The van der Waals surface area contributed by atoms with E-state index < -0.39 is 0 Å². The Bertz CT molecular complexity index is 926. The van der Waals surface area contributed by atoms with Crippen molar-refractivity contribution >= 4 is 10.8 Å². The van der Waals surface area contributed by atoms with Gasteiger partial charge in [-0.05, 0) is 40.1 Å². The molecule has 1 aromatic heterocycles. The van der Waals surface area contributed by atoms with Crippen molar-refractivity contribution in [2.24, 2.45) is 0 Å². The molecule has 22 heavy (non-hydrogen) atoms. The zero-order valence-electron chi connectivity index (χ0n) is 12.0. The van der Waals surface area contributed by atoms with E-state index in [9.17, 15) is 0 Å². The molecule has 1 nitrogen and oxygen atoms in total. The van der Waals surface area contributed by atoms with Crippen LogP contribution < -0.4 is 0 Å². The number of benzene rings is 3. The van der Waals surface area contributed by atoms with Crippen LogP contribution in [0.25, 0.3) is 33.2 Å². The number of aromatic nitrogens is 1. The van der Waals surface area contributed by atoms with Gasteiger partial charge in [0.05, 0.1) is 11.9 Å². The maximum atomic E-state index is 4.42. The number of nitrogens with zero attached hydrogens (tertiary/aromatic N) is 1. The molecule has 0 spiro atoms. The third kappa shape index (κ3) is 2.38. The lowest BCUT2D eigenvalue weighted by molar-refractivity contribution is 1.31. The molecular weight excluding hydrogens is 266 g/mol. The van der Waals surface area contributed by atoms with E-state index in [1.54, 1.807) is 0 Å². The smallest absolute Gasteiger partial charge is 0.0900 e. The molecule has 0 aliphatic heterocycles. The van der Waals surface area contributed by atoms with E-state index in [2.05, 4.69) is 71.8 Å². The maximum Gasteiger partial charge on any atom is 0.0900 e. The molecular formula is C21H14N. The molecule has 0 unspecified atom stereocenters. The van der Waals surface area contributed by atoms with Crippen LogP contribution in [0.15, 0.2) is 84.9 Å². The molecule has 0 saturated heterocycles. The molecule has 0 amide bonds. The van der Waals surface area contributed by atoms with Gasteiger partial charge < -0.3 is 0 Å². The molecule has 0 atom stereocenters.